The summed E-state index contributed by atoms with van der Waals surface area (Å²) in [5.41, 5.74) is 0.794. The molecule has 0 saturated heterocycles. The molecule has 0 aliphatic rings. The van der Waals surface area contributed by atoms with E-state index in [-0.39, 0.29) is 11.7 Å². The van der Waals surface area contributed by atoms with E-state index >= 15 is 0 Å². The molecule has 19 heavy (non-hydrogen) atoms. The highest BCUT2D eigenvalue weighted by Crippen LogP contribution is 2.18. The Morgan fingerprint density at radius 2 is 1.89 bits per heavy atom. The Balaban J connectivity index is 2.41. The molecule has 0 saturated carbocycles. The largest absolute Gasteiger partial charge is 0.484 e. The molecule has 7 heteroatoms. The molecule has 0 radical (unpaired) electrons. The van der Waals surface area contributed by atoms with Crippen molar-refractivity contribution in [2.24, 2.45) is 0 Å². The van der Waals surface area contributed by atoms with Crippen molar-refractivity contribution in [2.75, 3.05) is 11.9 Å². The highest BCUT2D eigenvalue weighted by atomic mass is 79.9. The number of nitrogens with one attached hydrogen (secondary N) is 1. The van der Waals surface area contributed by atoms with E-state index in [1.165, 1.54) is 12.1 Å². The number of rotatable bonds is 6. The van der Waals surface area contributed by atoms with Crippen LogP contribution >= 0.6 is 15.9 Å². The highest BCUT2D eigenvalue weighted by Gasteiger charge is 2.28. The zero-order valence-corrected chi connectivity index (χ0v) is 11.6. The van der Waals surface area contributed by atoms with Gasteiger partial charge in [-0.1, -0.05) is 28.1 Å². The summed E-state index contributed by atoms with van der Waals surface area (Å²) in [4.78, 5) is 11.2. The van der Waals surface area contributed by atoms with Gasteiger partial charge in [0.2, 0.25) is 5.91 Å². The summed E-state index contributed by atoms with van der Waals surface area (Å²) in [6.45, 7) is -0.973. The van der Waals surface area contributed by atoms with Crippen LogP contribution in [0.15, 0.2) is 24.3 Å². The van der Waals surface area contributed by atoms with Crippen LogP contribution in [0.4, 0.5) is 13.2 Å². The van der Waals surface area contributed by atoms with Crippen molar-refractivity contribution in [2.45, 2.75) is 19.1 Å². The third-order valence-corrected chi connectivity index (χ3v) is 2.53. The normalized spacial score (nSPS) is 11.2. The van der Waals surface area contributed by atoms with Gasteiger partial charge in [-0.15, -0.1) is 0 Å². The standard InChI is InChI=1S/C12H13BrF3NO2/c13-6-5-11(18)17-7-9-1-3-10(4-2-9)19-8-12(14,15)16/h1-4H,5-8H2,(H,17,18). The van der Waals surface area contributed by atoms with E-state index in [0.717, 1.165) is 5.56 Å². The first-order valence-corrected chi connectivity index (χ1v) is 6.64. The van der Waals surface area contributed by atoms with Gasteiger partial charge in [0.1, 0.15) is 5.75 Å². The Morgan fingerprint density at radius 3 is 2.42 bits per heavy atom. The lowest BCUT2D eigenvalue weighted by Gasteiger charge is -2.10. The molecule has 106 valence electrons. The monoisotopic (exact) mass is 339 g/mol. The molecule has 0 bridgehead atoms. The second-order valence-electron chi connectivity index (χ2n) is 3.76. The Hall–Kier alpha value is -1.24. The number of hydrogen-bond acceptors (Lipinski definition) is 2. The maximum Gasteiger partial charge on any atom is 0.422 e. The molecule has 0 aliphatic heterocycles. The second kappa shape index (κ2) is 7.37. The van der Waals surface area contributed by atoms with Crippen molar-refractivity contribution >= 4 is 21.8 Å². The molecule has 1 aromatic rings. The minimum absolute atomic E-state index is 0.0886. The molecule has 0 unspecified atom stereocenters. The van der Waals surface area contributed by atoms with Crippen LogP contribution < -0.4 is 10.1 Å². The topological polar surface area (TPSA) is 38.3 Å². The van der Waals surface area contributed by atoms with Crippen molar-refractivity contribution in [3.63, 3.8) is 0 Å². The third-order valence-electron chi connectivity index (χ3n) is 2.14. The summed E-state index contributed by atoms with van der Waals surface area (Å²) in [6, 6.07) is 6.11. The SMILES string of the molecule is O=C(CCBr)NCc1ccc(OCC(F)(F)F)cc1. The number of amides is 1. The molecule has 0 fully saturated rings. The molecule has 0 heterocycles. The second-order valence-corrected chi connectivity index (χ2v) is 4.56. The van der Waals surface area contributed by atoms with E-state index in [1.54, 1.807) is 12.1 Å². The molecule has 1 N–H and O–H groups in total. The predicted octanol–water partition coefficient (Wildman–Crippen LogP) is 3.03. The van der Waals surface area contributed by atoms with Crippen molar-refractivity contribution < 1.29 is 22.7 Å². The number of carbonyl (C=O) groups is 1. The fourth-order valence-corrected chi connectivity index (χ4v) is 1.60. The zero-order valence-electron chi connectivity index (χ0n) is 9.97. The lowest BCUT2D eigenvalue weighted by Crippen LogP contribution is -2.22. The van der Waals surface area contributed by atoms with Crippen LogP contribution in [0.5, 0.6) is 5.75 Å². The number of halogens is 4. The Labute approximate surface area is 117 Å². The first kappa shape index (κ1) is 15.8. The van der Waals surface area contributed by atoms with Gasteiger partial charge in [-0.2, -0.15) is 13.2 Å². The van der Waals surface area contributed by atoms with E-state index in [2.05, 4.69) is 26.0 Å². The summed E-state index contributed by atoms with van der Waals surface area (Å²) in [5.74, 6) is 0.0575. The van der Waals surface area contributed by atoms with E-state index < -0.39 is 12.8 Å². The maximum absolute atomic E-state index is 11.9. The number of benzene rings is 1. The Morgan fingerprint density at radius 1 is 1.26 bits per heavy atom. The fraction of sp³-hybridized carbons (Fsp3) is 0.417. The quantitative estimate of drug-likeness (QED) is 0.809. The van der Waals surface area contributed by atoms with E-state index in [9.17, 15) is 18.0 Å². The molecule has 0 atom stereocenters. The fourth-order valence-electron chi connectivity index (χ4n) is 1.24. The van der Waals surface area contributed by atoms with Gasteiger partial charge in [0.05, 0.1) is 0 Å². The van der Waals surface area contributed by atoms with Crippen molar-refractivity contribution in [1.29, 1.82) is 0 Å². The van der Waals surface area contributed by atoms with Gasteiger partial charge in [0.15, 0.2) is 6.61 Å². The lowest BCUT2D eigenvalue weighted by molar-refractivity contribution is -0.153. The van der Waals surface area contributed by atoms with Gasteiger partial charge >= 0.3 is 6.18 Å². The Kier molecular flexibility index (Phi) is 6.14. The number of ether oxygens (including phenoxy) is 1. The molecule has 1 rings (SSSR count). The average Bonchev–Trinajstić information content (AvgIpc) is 2.34. The van der Waals surface area contributed by atoms with Gasteiger partial charge in [0.25, 0.3) is 0 Å². The van der Waals surface area contributed by atoms with E-state index in [1.807, 2.05) is 0 Å². The molecule has 0 aromatic heterocycles. The summed E-state index contributed by atoms with van der Waals surface area (Å²) in [7, 11) is 0. The Bertz CT molecular complexity index is 406. The average molecular weight is 340 g/mol. The maximum atomic E-state index is 11.9. The van der Waals surface area contributed by atoms with Crippen molar-refractivity contribution in [1.82, 2.24) is 5.32 Å². The predicted molar refractivity (Wildman–Crippen MR) is 68.2 cm³/mol. The van der Waals surface area contributed by atoms with E-state index in [4.69, 9.17) is 0 Å². The minimum atomic E-state index is -4.34. The van der Waals surface area contributed by atoms with Gasteiger partial charge < -0.3 is 10.1 Å². The van der Waals surface area contributed by atoms with Gasteiger partial charge in [-0.25, -0.2) is 0 Å². The smallest absolute Gasteiger partial charge is 0.422 e. The summed E-state index contributed by atoms with van der Waals surface area (Å²) >= 11 is 3.15. The number of carbonyl (C=O) groups excluding carboxylic acids is 1. The molecule has 1 amide bonds. The molecule has 1 aromatic carbocycles. The summed E-state index contributed by atoms with van der Waals surface area (Å²) < 4.78 is 40.4. The zero-order chi connectivity index (χ0) is 14.3. The first-order chi connectivity index (χ1) is 8.90. The highest BCUT2D eigenvalue weighted by molar-refractivity contribution is 9.09. The van der Waals surface area contributed by atoms with Crippen molar-refractivity contribution in [3.8, 4) is 5.75 Å². The molecular formula is C12H13BrF3NO2. The van der Waals surface area contributed by atoms with E-state index in [0.29, 0.717) is 18.3 Å². The van der Waals surface area contributed by atoms with Crippen molar-refractivity contribution in [3.05, 3.63) is 29.8 Å². The van der Waals surface area contributed by atoms with Crippen LogP contribution in [0.3, 0.4) is 0 Å². The number of alkyl halides is 4. The van der Waals surface area contributed by atoms with Crippen LogP contribution in [-0.2, 0) is 11.3 Å². The van der Waals surface area contributed by atoms with Crippen LogP contribution in [0.25, 0.3) is 0 Å². The van der Waals surface area contributed by atoms with Crippen LogP contribution in [-0.4, -0.2) is 24.0 Å². The number of hydrogen-bond donors (Lipinski definition) is 1. The van der Waals surface area contributed by atoms with Gasteiger partial charge in [-0.05, 0) is 17.7 Å². The summed E-state index contributed by atoms with van der Waals surface area (Å²) in [6.07, 6.45) is -3.96. The molecule has 3 nitrogen and oxygen atoms in total. The summed E-state index contributed by atoms with van der Waals surface area (Å²) in [5, 5.41) is 3.27. The van der Waals surface area contributed by atoms with Crippen LogP contribution in [0.1, 0.15) is 12.0 Å². The molecular weight excluding hydrogens is 327 g/mol. The van der Waals surface area contributed by atoms with Crippen LogP contribution in [0.2, 0.25) is 0 Å². The van der Waals surface area contributed by atoms with Crippen LogP contribution in [0, 0.1) is 0 Å². The third kappa shape index (κ3) is 7.05. The lowest BCUT2D eigenvalue weighted by atomic mass is 10.2. The molecule has 0 aliphatic carbocycles. The van der Waals surface area contributed by atoms with Gasteiger partial charge in [-0.3, -0.25) is 4.79 Å². The minimum Gasteiger partial charge on any atom is -0.484 e. The van der Waals surface area contributed by atoms with Gasteiger partial charge in [0, 0.05) is 18.3 Å². The first-order valence-electron chi connectivity index (χ1n) is 5.52. The molecule has 0 spiro atoms.